The van der Waals surface area contributed by atoms with Crippen LogP contribution in [0.2, 0.25) is 0 Å². The van der Waals surface area contributed by atoms with Crippen molar-refractivity contribution < 1.29 is 27.8 Å². The van der Waals surface area contributed by atoms with E-state index in [-0.39, 0.29) is 23.6 Å². The Morgan fingerprint density at radius 3 is 2.55 bits per heavy atom. The number of amides is 2. The molecule has 0 spiro atoms. The first kappa shape index (κ1) is 30.7. The van der Waals surface area contributed by atoms with Gasteiger partial charge in [-0.1, -0.05) is 44.2 Å². The highest BCUT2D eigenvalue weighted by Gasteiger charge is 2.42. The molecule has 2 fully saturated rings. The zero-order valence-electron chi connectivity index (χ0n) is 23.0. The van der Waals surface area contributed by atoms with Crippen molar-refractivity contribution in [3.8, 4) is 0 Å². The minimum atomic E-state index is -4.49. The van der Waals surface area contributed by atoms with Gasteiger partial charge >= 0.3 is 12.2 Å². The minimum Gasteiger partial charge on any atom is -0.385 e. The fraction of sp³-hybridized carbons (Fsp3) is 0.759. The molecule has 1 heterocycles. The van der Waals surface area contributed by atoms with E-state index in [1.807, 2.05) is 7.05 Å². The summed E-state index contributed by atoms with van der Waals surface area (Å²) in [6.45, 7) is 2.08. The van der Waals surface area contributed by atoms with E-state index in [1.54, 1.807) is 18.1 Å². The Morgan fingerprint density at radius 2 is 1.87 bits per heavy atom. The third kappa shape index (κ3) is 8.58. The lowest BCUT2D eigenvalue weighted by molar-refractivity contribution is -0.137. The number of aliphatic hydroxyl groups is 1. The van der Waals surface area contributed by atoms with E-state index in [2.05, 4.69) is 10.6 Å². The van der Waals surface area contributed by atoms with Gasteiger partial charge in [-0.2, -0.15) is 13.2 Å². The van der Waals surface area contributed by atoms with Crippen LogP contribution in [0.25, 0.3) is 0 Å². The molecule has 3 atom stereocenters. The van der Waals surface area contributed by atoms with Crippen LogP contribution in [-0.2, 0) is 16.5 Å². The standard InChI is InChI=1S/C29H46F3N3O3/c1-33-20-26(18-22-10-4-3-5-11-22)34-27(36)35-16-9-14-25(21-35)28(37,15-6-7-17-38-2)23-12-8-13-24(19-23)29(30,31)32/h8,12-13,19,22,25-26,33,37H,3-7,9-11,14-18,20-21H2,1-2H3,(H,34,36)/t25-,26+,28-/m1/s1. The van der Waals surface area contributed by atoms with Gasteiger partial charge < -0.3 is 25.4 Å². The van der Waals surface area contributed by atoms with Crippen LogP contribution in [0.5, 0.6) is 0 Å². The molecule has 1 saturated heterocycles. The van der Waals surface area contributed by atoms with Crippen LogP contribution < -0.4 is 10.6 Å². The van der Waals surface area contributed by atoms with E-state index in [0.717, 1.165) is 18.6 Å². The SMILES string of the molecule is CNC[C@H](CC1CCCCC1)NC(=O)N1CCC[C@@H]([C@@](O)(CCCCOC)c2cccc(C(F)(F)F)c2)C1. The predicted molar refractivity (Wildman–Crippen MR) is 143 cm³/mol. The number of alkyl halides is 3. The van der Waals surface area contributed by atoms with Crippen LogP contribution in [0.15, 0.2) is 24.3 Å². The Labute approximate surface area is 225 Å². The average Bonchev–Trinajstić information content (AvgIpc) is 2.91. The van der Waals surface area contributed by atoms with Crippen LogP contribution in [0, 0.1) is 11.8 Å². The van der Waals surface area contributed by atoms with Crippen molar-refractivity contribution in [1.29, 1.82) is 0 Å². The number of urea groups is 1. The van der Waals surface area contributed by atoms with Gasteiger partial charge in [0.25, 0.3) is 0 Å². The van der Waals surface area contributed by atoms with Crippen LogP contribution in [0.1, 0.15) is 81.8 Å². The summed E-state index contributed by atoms with van der Waals surface area (Å²) in [5.74, 6) is 0.253. The van der Waals surface area contributed by atoms with Crippen molar-refractivity contribution in [2.24, 2.45) is 11.8 Å². The van der Waals surface area contributed by atoms with Crippen molar-refractivity contribution in [2.45, 2.75) is 88.4 Å². The normalized spacial score (nSPS) is 21.6. The van der Waals surface area contributed by atoms with Gasteiger partial charge in [0, 0.05) is 45.3 Å². The summed E-state index contributed by atoms with van der Waals surface area (Å²) < 4.78 is 45.7. The molecule has 216 valence electrons. The number of nitrogens with zero attached hydrogens (tertiary/aromatic N) is 1. The molecule has 2 aliphatic rings. The number of hydrogen-bond donors (Lipinski definition) is 3. The highest BCUT2D eigenvalue weighted by molar-refractivity contribution is 5.74. The Hall–Kier alpha value is -1.84. The molecule has 38 heavy (non-hydrogen) atoms. The van der Waals surface area contributed by atoms with E-state index >= 15 is 0 Å². The number of rotatable bonds is 12. The van der Waals surface area contributed by atoms with E-state index in [9.17, 15) is 23.1 Å². The molecule has 1 aliphatic heterocycles. The molecule has 1 aromatic carbocycles. The van der Waals surface area contributed by atoms with Crippen LogP contribution in [0.3, 0.4) is 0 Å². The molecule has 6 nitrogen and oxygen atoms in total. The molecule has 1 saturated carbocycles. The van der Waals surface area contributed by atoms with Gasteiger partial charge in [0.05, 0.1) is 11.2 Å². The number of carbonyl (C=O) groups is 1. The zero-order chi connectivity index (χ0) is 27.6. The second-order valence-electron chi connectivity index (χ2n) is 11.2. The van der Waals surface area contributed by atoms with Crippen LogP contribution >= 0.6 is 0 Å². The number of piperidine rings is 1. The first-order valence-corrected chi connectivity index (χ1v) is 14.3. The molecular formula is C29H46F3N3O3. The fourth-order valence-corrected chi connectivity index (χ4v) is 6.27. The minimum absolute atomic E-state index is 0.0207. The van der Waals surface area contributed by atoms with E-state index in [1.165, 1.54) is 38.2 Å². The molecule has 0 radical (unpaired) electrons. The van der Waals surface area contributed by atoms with E-state index < -0.39 is 17.3 Å². The van der Waals surface area contributed by atoms with E-state index in [4.69, 9.17) is 4.74 Å². The third-order valence-electron chi connectivity index (χ3n) is 8.35. The quantitative estimate of drug-likeness (QED) is 0.297. The maximum Gasteiger partial charge on any atom is 0.416 e. The molecule has 0 unspecified atom stereocenters. The Morgan fingerprint density at radius 1 is 1.13 bits per heavy atom. The molecular weight excluding hydrogens is 495 g/mol. The van der Waals surface area contributed by atoms with Crippen molar-refractivity contribution >= 4 is 6.03 Å². The van der Waals surface area contributed by atoms with Gasteiger partial charge in [-0.05, 0) is 69.2 Å². The smallest absolute Gasteiger partial charge is 0.385 e. The van der Waals surface area contributed by atoms with Crippen molar-refractivity contribution in [2.75, 3.05) is 40.4 Å². The summed E-state index contributed by atoms with van der Waals surface area (Å²) in [5.41, 5.74) is -1.98. The number of ether oxygens (including phenoxy) is 1. The van der Waals surface area contributed by atoms with Crippen LogP contribution in [-0.4, -0.2) is 62.5 Å². The molecule has 3 rings (SSSR count). The van der Waals surface area contributed by atoms with Crippen molar-refractivity contribution in [3.63, 3.8) is 0 Å². The Bertz CT molecular complexity index is 863. The third-order valence-corrected chi connectivity index (χ3v) is 8.35. The van der Waals surface area contributed by atoms with Gasteiger partial charge in [-0.25, -0.2) is 4.79 Å². The van der Waals surface area contributed by atoms with Gasteiger partial charge in [0.2, 0.25) is 0 Å². The second kappa shape index (κ2) is 14.5. The summed E-state index contributed by atoms with van der Waals surface area (Å²) in [5, 5.41) is 18.4. The number of unbranched alkanes of at least 4 members (excludes halogenated alkanes) is 1. The average molecular weight is 542 g/mol. The Kier molecular flexibility index (Phi) is 11.7. The molecule has 0 bridgehead atoms. The van der Waals surface area contributed by atoms with Gasteiger partial charge in [-0.15, -0.1) is 0 Å². The highest BCUT2D eigenvalue weighted by Crippen LogP contribution is 2.41. The number of benzene rings is 1. The number of likely N-dealkylation sites (N-methyl/N-ethyl adjacent to an activating group) is 1. The topological polar surface area (TPSA) is 73.8 Å². The van der Waals surface area contributed by atoms with Crippen molar-refractivity contribution in [1.82, 2.24) is 15.5 Å². The Balaban J connectivity index is 1.74. The second-order valence-corrected chi connectivity index (χ2v) is 11.2. The zero-order valence-corrected chi connectivity index (χ0v) is 23.0. The molecule has 0 aromatic heterocycles. The fourth-order valence-electron chi connectivity index (χ4n) is 6.27. The molecule has 9 heteroatoms. The molecule has 1 aliphatic carbocycles. The molecule has 3 N–H and O–H groups in total. The lowest BCUT2D eigenvalue weighted by Gasteiger charge is -2.43. The largest absolute Gasteiger partial charge is 0.416 e. The first-order valence-electron chi connectivity index (χ1n) is 14.3. The number of nitrogens with one attached hydrogen (secondary N) is 2. The number of halogens is 3. The summed E-state index contributed by atoms with van der Waals surface area (Å²) in [6.07, 6.45) is 5.58. The number of hydrogen-bond acceptors (Lipinski definition) is 4. The van der Waals surface area contributed by atoms with E-state index in [0.29, 0.717) is 64.3 Å². The van der Waals surface area contributed by atoms with Crippen molar-refractivity contribution in [3.05, 3.63) is 35.4 Å². The summed E-state index contributed by atoms with van der Waals surface area (Å²) in [4.78, 5) is 15.1. The predicted octanol–water partition coefficient (Wildman–Crippen LogP) is 5.69. The number of methoxy groups -OCH3 is 1. The monoisotopic (exact) mass is 541 g/mol. The first-order chi connectivity index (χ1) is 18.2. The highest BCUT2D eigenvalue weighted by atomic mass is 19.4. The lowest BCUT2D eigenvalue weighted by Crippen LogP contribution is -2.54. The molecule has 1 aromatic rings. The van der Waals surface area contributed by atoms with Crippen LogP contribution in [0.4, 0.5) is 18.0 Å². The maximum atomic E-state index is 13.5. The van der Waals surface area contributed by atoms with Gasteiger partial charge in [0.1, 0.15) is 0 Å². The maximum absolute atomic E-state index is 13.5. The summed E-state index contributed by atoms with van der Waals surface area (Å²) in [6, 6.07) is 4.91. The summed E-state index contributed by atoms with van der Waals surface area (Å²) >= 11 is 0. The van der Waals surface area contributed by atoms with Gasteiger partial charge in [0.15, 0.2) is 0 Å². The summed E-state index contributed by atoms with van der Waals surface area (Å²) in [7, 11) is 3.49. The lowest BCUT2D eigenvalue weighted by atomic mass is 9.74. The number of likely N-dealkylation sites (tertiary alicyclic amines) is 1. The van der Waals surface area contributed by atoms with Gasteiger partial charge in [-0.3, -0.25) is 0 Å². The molecule has 2 amide bonds. The number of carbonyl (C=O) groups excluding carboxylic acids is 1.